The van der Waals surface area contributed by atoms with Gasteiger partial charge in [0.05, 0.1) is 11.0 Å². The van der Waals surface area contributed by atoms with Crippen LogP contribution < -0.4 is 4.74 Å². The number of amides is 2. The monoisotopic (exact) mass is 448 g/mol. The van der Waals surface area contributed by atoms with Gasteiger partial charge in [0.15, 0.2) is 0 Å². The zero-order valence-electron chi connectivity index (χ0n) is 19.6. The van der Waals surface area contributed by atoms with Crippen molar-refractivity contribution in [3.63, 3.8) is 0 Å². The fourth-order valence-corrected chi connectivity index (χ4v) is 4.30. The molecule has 1 N–H and O–H groups in total. The maximum absolute atomic E-state index is 13.5. The summed E-state index contributed by atoms with van der Waals surface area (Å²) >= 11 is 0. The molecule has 0 aliphatic carbocycles. The van der Waals surface area contributed by atoms with E-state index in [1.807, 2.05) is 20.9 Å². The number of nitrogens with zero attached hydrogens (tertiary/aromatic N) is 4. The molecule has 2 amide bonds. The highest BCUT2D eigenvalue weighted by Gasteiger charge is 2.41. The molecule has 9 heteroatoms. The third-order valence-corrected chi connectivity index (χ3v) is 5.92. The fraction of sp³-hybridized carbons (Fsp3) is 0.609. The number of aryl methyl sites for hydroxylation is 1. The molecule has 0 spiro atoms. The van der Waals surface area contributed by atoms with E-state index in [4.69, 9.17) is 4.74 Å². The van der Waals surface area contributed by atoms with Gasteiger partial charge in [0.1, 0.15) is 18.0 Å². The number of carboxylic acid groups (broad SMARTS) is 1. The number of likely N-dealkylation sites (tertiary alicyclic amines) is 1. The summed E-state index contributed by atoms with van der Waals surface area (Å²) in [7, 11) is 1.82. The van der Waals surface area contributed by atoms with E-state index in [0.29, 0.717) is 37.5 Å². The molecular formula is C23H33FN4O4. The standard InChI is InChI=1S/C23H33FN4O4/c1-14(2)19(28(22(30)31)23(3,4)5)20(29)27-11-9-16(10-12-27)32-21-25-17-13-15(24)7-8-18(17)26(21)6/h7-8,13-14,16,19H,9-12H2,1-6H3,(H,30,31)/t19-/m0/s1. The molecule has 1 aliphatic rings. The number of hydrogen-bond acceptors (Lipinski definition) is 4. The predicted molar refractivity (Wildman–Crippen MR) is 119 cm³/mol. The van der Waals surface area contributed by atoms with Crippen LogP contribution in [0.5, 0.6) is 6.01 Å². The molecule has 0 radical (unpaired) electrons. The Bertz CT molecular complexity index is 990. The molecule has 0 unspecified atom stereocenters. The van der Waals surface area contributed by atoms with Crippen molar-refractivity contribution in [3.05, 3.63) is 24.0 Å². The lowest BCUT2D eigenvalue weighted by Gasteiger charge is -2.43. The Morgan fingerprint density at radius 1 is 1.25 bits per heavy atom. The van der Waals surface area contributed by atoms with Crippen LogP contribution in [0.2, 0.25) is 0 Å². The van der Waals surface area contributed by atoms with E-state index in [0.717, 1.165) is 5.52 Å². The van der Waals surface area contributed by atoms with Crippen molar-refractivity contribution in [2.45, 2.75) is 65.1 Å². The fourth-order valence-electron chi connectivity index (χ4n) is 4.30. The molecule has 1 aromatic heterocycles. The number of imidazole rings is 1. The van der Waals surface area contributed by atoms with Gasteiger partial charge in [-0.2, -0.15) is 4.98 Å². The third kappa shape index (κ3) is 4.81. The van der Waals surface area contributed by atoms with Gasteiger partial charge in [-0.1, -0.05) is 13.8 Å². The van der Waals surface area contributed by atoms with Crippen LogP contribution in [-0.2, 0) is 11.8 Å². The second-order valence-electron chi connectivity index (χ2n) is 9.74. The molecule has 0 bridgehead atoms. The minimum atomic E-state index is -1.10. The lowest BCUT2D eigenvalue weighted by molar-refractivity contribution is -0.142. The number of carbonyl (C=O) groups is 2. The smallest absolute Gasteiger partial charge is 0.408 e. The van der Waals surface area contributed by atoms with Gasteiger partial charge in [-0.15, -0.1) is 0 Å². The van der Waals surface area contributed by atoms with E-state index in [1.165, 1.54) is 17.0 Å². The maximum atomic E-state index is 13.5. The highest BCUT2D eigenvalue weighted by atomic mass is 19.1. The molecule has 1 aromatic carbocycles. The van der Waals surface area contributed by atoms with E-state index in [2.05, 4.69) is 4.98 Å². The van der Waals surface area contributed by atoms with E-state index in [9.17, 15) is 19.1 Å². The van der Waals surface area contributed by atoms with E-state index in [-0.39, 0.29) is 23.7 Å². The number of hydrogen-bond donors (Lipinski definition) is 1. The van der Waals surface area contributed by atoms with Crippen LogP contribution in [0.25, 0.3) is 11.0 Å². The number of piperidine rings is 1. The zero-order chi connectivity index (χ0) is 23.8. The normalized spacial score (nSPS) is 16.4. The van der Waals surface area contributed by atoms with Gasteiger partial charge in [-0.05, 0) is 38.8 Å². The molecule has 1 fully saturated rings. The largest absolute Gasteiger partial charge is 0.465 e. The van der Waals surface area contributed by atoms with Crippen LogP contribution in [-0.4, -0.2) is 67.2 Å². The molecule has 1 saturated heterocycles. The summed E-state index contributed by atoms with van der Waals surface area (Å²) in [4.78, 5) is 32.7. The summed E-state index contributed by atoms with van der Waals surface area (Å²) < 4.78 is 21.4. The maximum Gasteiger partial charge on any atom is 0.408 e. The average Bonchev–Trinajstić information content (AvgIpc) is 2.99. The van der Waals surface area contributed by atoms with Crippen molar-refractivity contribution < 1.29 is 23.8 Å². The minimum absolute atomic E-state index is 0.130. The Kier molecular flexibility index (Phi) is 6.67. The molecule has 8 nitrogen and oxygen atoms in total. The molecule has 2 heterocycles. The first-order valence-corrected chi connectivity index (χ1v) is 11.0. The molecule has 1 atom stereocenters. The molecule has 0 saturated carbocycles. The summed E-state index contributed by atoms with van der Waals surface area (Å²) in [5.74, 6) is -0.680. The van der Waals surface area contributed by atoms with Gasteiger partial charge in [0.2, 0.25) is 5.91 Å². The van der Waals surface area contributed by atoms with Gasteiger partial charge in [0, 0.05) is 44.6 Å². The summed E-state index contributed by atoms with van der Waals surface area (Å²) in [5, 5.41) is 9.79. The van der Waals surface area contributed by atoms with Crippen molar-refractivity contribution in [1.82, 2.24) is 19.4 Å². The number of rotatable bonds is 5. The average molecular weight is 449 g/mol. The zero-order valence-corrected chi connectivity index (χ0v) is 19.6. The highest BCUT2D eigenvalue weighted by molar-refractivity contribution is 5.86. The second kappa shape index (κ2) is 8.96. The van der Waals surface area contributed by atoms with Crippen molar-refractivity contribution in [2.24, 2.45) is 13.0 Å². The number of halogens is 1. The quantitative estimate of drug-likeness (QED) is 0.750. The Balaban J connectivity index is 1.68. The van der Waals surface area contributed by atoms with Crippen molar-refractivity contribution in [2.75, 3.05) is 13.1 Å². The van der Waals surface area contributed by atoms with Gasteiger partial charge < -0.3 is 14.7 Å². The van der Waals surface area contributed by atoms with Crippen LogP contribution in [0.4, 0.5) is 9.18 Å². The van der Waals surface area contributed by atoms with Gasteiger partial charge in [0.25, 0.3) is 6.01 Å². The van der Waals surface area contributed by atoms with Crippen molar-refractivity contribution in [1.29, 1.82) is 0 Å². The Hall–Kier alpha value is -2.84. The van der Waals surface area contributed by atoms with Crippen molar-refractivity contribution in [3.8, 4) is 6.01 Å². The van der Waals surface area contributed by atoms with Crippen LogP contribution in [0.3, 0.4) is 0 Å². The topological polar surface area (TPSA) is 87.9 Å². The summed E-state index contributed by atoms with van der Waals surface area (Å²) in [6, 6.07) is 4.10. The van der Waals surface area contributed by atoms with Gasteiger partial charge >= 0.3 is 6.09 Å². The van der Waals surface area contributed by atoms with Crippen LogP contribution >= 0.6 is 0 Å². The van der Waals surface area contributed by atoms with Gasteiger partial charge in [-0.3, -0.25) is 14.3 Å². The first kappa shape index (κ1) is 23.8. The number of fused-ring (bicyclic) bond motifs is 1. The Morgan fingerprint density at radius 3 is 2.41 bits per heavy atom. The summed E-state index contributed by atoms with van der Waals surface area (Å²) in [6.07, 6.45) is -0.0101. The Labute approximate surface area is 188 Å². The van der Waals surface area contributed by atoms with Crippen LogP contribution in [0.15, 0.2) is 18.2 Å². The first-order valence-electron chi connectivity index (χ1n) is 11.0. The lowest BCUT2D eigenvalue weighted by Crippen LogP contribution is -2.60. The Morgan fingerprint density at radius 2 is 1.88 bits per heavy atom. The molecule has 1 aliphatic heterocycles. The van der Waals surface area contributed by atoms with Crippen LogP contribution in [0.1, 0.15) is 47.5 Å². The van der Waals surface area contributed by atoms with Crippen LogP contribution in [0, 0.1) is 11.7 Å². The van der Waals surface area contributed by atoms with Crippen molar-refractivity contribution >= 4 is 23.0 Å². The predicted octanol–water partition coefficient (Wildman–Crippen LogP) is 3.89. The molecule has 32 heavy (non-hydrogen) atoms. The first-order chi connectivity index (χ1) is 14.9. The highest BCUT2D eigenvalue weighted by Crippen LogP contribution is 2.27. The summed E-state index contributed by atoms with van der Waals surface area (Å²) in [5.41, 5.74) is 0.618. The third-order valence-electron chi connectivity index (χ3n) is 5.92. The number of ether oxygens (including phenoxy) is 1. The molecule has 176 valence electrons. The van der Waals surface area contributed by atoms with E-state index in [1.54, 1.807) is 36.3 Å². The number of benzene rings is 1. The minimum Gasteiger partial charge on any atom is -0.465 e. The van der Waals surface area contributed by atoms with Gasteiger partial charge in [-0.25, -0.2) is 9.18 Å². The molecular weight excluding hydrogens is 415 g/mol. The summed E-state index contributed by atoms with van der Waals surface area (Å²) in [6.45, 7) is 10.1. The number of aromatic nitrogens is 2. The molecule has 3 rings (SSSR count). The SMILES string of the molecule is CC(C)[C@@H](C(=O)N1CCC(Oc2nc3cc(F)ccc3n2C)CC1)N(C(=O)O)C(C)(C)C. The van der Waals surface area contributed by atoms with E-state index < -0.39 is 17.7 Å². The number of carbonyl (C=O) groups excluding carboxylic acids is 1. The lowest BCUT2D eigenvalue weighted by atomic mass is 9.94. The molecule has 2 aromatic rings. The van der Waals surface area contributed by atoms with E-state index >= 15 is 0 Å². The second-order valence-corrected chi connectivity index (χ2v) is 9.74.